The molecule has 0 aliphatic rings. The van der Waals surface area contributed by atoms with Gasteiger partial charge in [-0.2, -0.15) is 0 Å². The molecule has 13 heavy (non-hydrogen) atoms. The Balaban J connectivity index is 3.90. The lowest BCUT2D eigenvalue weighted by Crippen LogP contribution is -2.34. The van der Waals surface area contributed by atoms with E-state index in [1.54, 1.807) is 0 Å². The van der Waals surface area contributed by atoms with Gasteiger partial charge in [0.1, 0.15) is 0 Å². The first kappa shape index (κ1) is 12.9. The van der Waals surface area contributed by atoms with E-state index in [0.717, 1.165) is 6.54 Å². The molecule has 0 aromatic carbocycles. The maximum atomic E-state index is 11.0. The fraction of sp³-hybridized carbons (Fsp3) is 0.900. The van der Waals surface area contributed by atoms with Crippen molar-refractivity contribution in [2.45, 2.75) is 27.7 Å². The molecule has 3 heteroatoms. The van der Waals surface area contributed by atoms with Crippen molar-refractivity contribution in [1.29, 1.82) is 0 Å². The van der Waals surface area contributed by atoms with Crippen LogP contribution < -0.4 is 5.32 Å². The first-order valence-electron chi connectivity index (χ1n) is 4.81. The highest BCUT2D eigenvalue weighted by Crippen LogP contribution is 2.19. The minimum atomic E-state index is 0.0753. The van der Waals surface area contributed by atoms with E-state index in [1.807, 2.05) is 0 Å². The smallest absolute Gasteiger partial charge is 0.230 e. The standard InChI is InChI=1S/C10H20BrNO/c1-7(2)9(8(3)4)6-12-10(13)5-11/h7-9H,5-6H2,1-4H3,(H,12,13). The zero-order valence-electron chi connectivity index (χ0n) is 8.93. The second-order valence-corrected chi connectivity index (χ2v) is 4.65. The molecule has 0 spiro atoms. The van der Waals surface area contributed by atoms with Crippen molar-refractivity contribution in [2.24, 2.45) is 17.8 Å². The molecule has 0 rings (SSSR count). The summed E-state index contributed by atoms with van der Waals surface area (Å²) in [6.07, 6.45) is 0. The van der Waals surface area contributed by atoms with Crippen molar-refractivity contribution < 1.29 is 4.79 Å². The largest absolute Gasteiger partial charge is 0.355 e. The van der Waals surface area contributed by atoms with Gasteiger partial charge < -0.3 is 5.32 Å². The van der Waals surface area contributed by atoms with E-state index >= 15 is 0 Å². The number of rotatable bonds is 5. The van der Waals surface area contributed by atoms with Crippen LogP contribution in [0, 0.1) is 17.8 Å². The van der Waals surface area contributed by atoms with Gasteiger partial charge in [-0.05, 0) is 17.8 Å². The van der Waals surface area contributed by atoms with Crippen LogP contribution in [0.15, 0.2) is 0 Å². The van der Waals surface area contributed by atoms with Crippen LogP contribution >= 0.6 is 15.9 Å². The summed E-state index contributed by atoms with van der Waals surface area (Å²) < 4.78 is 0. The fourth-order valence-corrected chi connectivity index (χ4v) is 1.72. The van der Waals surface area contributed by atoms with E-state index in [-0.39, 0.29) is 5.91 Å². The highest BCUT2D eigenvalue weighted by Gasteiger charge is 2.17. The molecule has 1 N–H and O–H groups in total. The average Bonchev–Trinajstić information content (AvgIpc) is 2.03. The molecular weight excluding hydrogens is 230 g/mol. The zero-order chi connectivity index (χ0) is 10.4. The number of amides is 1. The minimum absolute atomic E-state index is 0.0753. The quantitative estimate of drug-likeness (QED) is 0.746. The Bertz CT molecular complexity index is 149. The Hall–Kier alpha value is -0.0500. The van der Waals surface area contributed by atoms with Crippen molar-refractivity contribution >= 4 is 21.8 Å². The van der Waals surface area contributed by atoms with Crippen LogP contribution in [0.5, 0.6) is 0 Å². The third-order valence-corrected chi connectivity index (χ3v) is 2.88. The first-order valence-corrected chi connectivity index (χ1v) is 5.93. The molecule has 0 aromatic rings. The molecule has 0 fully saturated rings. The predicted molar refractivity (Wildman–Crippen MR) is 60.0 cm³/mol. The highest BCUT2D eigenvalue weighted by molar-refractivity contribution is 9.09. The van der Waals surface area contributed by atoms with Gasteiger partial charge >= 0.3 is 0 Å². The van der Waals surface area contributed by atoms with Gasteiger partial charge in [-0.15, -0.1) is 0 Å². The van der Waals surface area contributed by atoms with E-state index in [9.17, 15) is 4.79 Å². The number of nitrogens with one attached hydrogen (secondary N) is 1. The summed E-state index contributed by atoms with van der Waals surface area (Å²) in [5.74, 6) is 1.89. The Morgan fingerprint density at radius 2 is 1.69 bits per heavy atom. The number of alkyl halides is 1. The van der Waals surface area contributed by atoms with Crippen molar-refractivity contribution in [2.75, 3.05) is 11.9 Å². The normalized spacial score (nSPS) is 11.4. The maximum Gasteiger partial charge on any atom is 0.230 e. The van der Waals surface area contributed by atoms with Gasteiger partial charge in [0.15, 0.2) is 0 Å². The number of hydrogen-bond donors (Lipinski definition) is 1. The summed E-state index contributed by atoms with van der Waals surface area (Å²) in [4.78, 5) is 11.0. The highest BCUT2D eigenvalue weighted by atomic mass is 79.9. The number of halogens is 1. The molecule has 0 aliphatic carbocycles. The Kier molecular flexibility index (Phi) is 6.39. The number of carbonyl (C=O) groups excluding carboxylic acids is 1. The van der Waals surface area contributed by atoms with E-state index < -0.39 is 0 Å². The third kappa shape index (κ3) is 5.29. The van der Waals surface area contributed by atoms with E-state index in [0.29, 0.717) is 23.1 Å². The molecule has 0 aromatic heterocycles. The second-order valence-electron chi connectivity index (χ2n) is 4.09. The molecule has 78 valence electrons. The first-order chi connectivity index (χ1) is 5.99. The average molecular weight is 250 g/mol. The molecule has 2 nitrogen and oxygen atoms in total. The van der Waals surface area contributed by atoms with Crippen molar-refractivity contribution in [3.8, 4) is 0 Å². The Morgan fingerprint density at radius 3 is 2.00 bits per heavy atom. The molecule has 0 aliphatic heterocycles. The lowest BCUT2D eigenvalue weighted by molar-refractivity contribution is -0.118. The lowest BCUT2D eigenvalue weighted by Gasteiger charge is -2.24. The molecule has 0 saturated heterocycles. The van der Waals surface area contributed by atoms with Crippen LogP contribution in [-0.2, 0) is 4.79 Å². The Labute approximate surface area is 89.6 Å². The zero-order valence-corrected chi connectivity index (χ0v) is 10.5. The van der Waals surface area contributed by atoms with Gasteiger partial charge in [-0.3, -0.25) is 4.79 Å². The molecule has 0 radical (unpaired) electrons. The van der Waals surface area contributed by atoms with Crippen molar-refractivity contribution in [1.82, 2.24) is 5.32 Å². The van der Waals surface area contributed by atoms with Crippen molar-refractivity contribution in [3.05, 3.63) is 0 Å². The van der Waals surface area contributed by atoms with Crippen LogP contribution in [0.2, 0.25) is 0 Å². The van der Waals surface area contributed by atoms with E-state index in [4.69, 9.17) is 0 Å². The summed E-state index contributed by atoms with van der Waals surface area (Å²) in [5, 5.41) is 3.31. The summed E-state index contributed by atoms with van der Waals surface area (Å²) in [6, 6.07) is 0. The molecule has 0 atom stereocenters. The van der Waals surface area contributed by atoms with Gasteiger partial charge in [0, 0.05) is 6.54 Å². The lowest BCUT2D eigenvalue weighted by atomic mass is 9.85. The molecule has 0 bridgehead atoms. The van der Waals surface area contributed by atoms with Crippen LogP contribution in [0.4, 0.5) is 0 Å². The number of carbonyl (C=O) groups is 1. The van der Waals surface area contributed by atoms with Gasteiger partial charge in [0.05, 0.1) is 5.33 Å². The van der Waals surface area contributed by atoms with Gasteiger partial charge in [-0.25, -0.2) is 0 Å². The number of hydrogen-bond acceptors (Lipinski definition) is 1. The topological polar surface area (TPSA) is 29.1 Å². The Morgan fingerprint density at radius 1 is 1.23 bits per heavy atom. The molecular formula is C10H20BrNO. The van der Waals surface area contributed by atoms with Crippen LogP contribution in [-0.4, -0.2) is 17.8 Å². The summed E-state index contributed by atoms with van der Waals surface area (Å²) in [7, 11) is 0. The maximum absolute atomic E-state index is 11.0. The van der Waals surface area contributed by atoms with Gasteiger partial charge in [0.2, 0.25) is 5.91 Å². The molecule has 0 unspecified atom stereocenters. The molecule has 1 amide bonds. The van der Waals surface area contributed by atoms with Crippen LogP contribution in [0.3, 0.4) is 0 Å². The summed E-state index contributed by atoms with van der Waals surface area (Å²) in [6.45, 7) is 9.59. The second kappa shape index (κ2) is 6.41. The van der Waals surface area contributed by atoms with Gasteiger partial charge in [-0.1, -0.05) is 43.6 Å². The molecule has 0 saturated carbocycles. The monoisotopic (exact) mass is 249 g/mol. The minimum Gasteiger partial charge on any atom is -0.355 e. The van der Waals surface area contributed by atoms with E-state index in [1.165, 1.54) is 0 Å². The fourth-order valence-electron chi connectivity index (χ4n) is 1.52. The summed E-state index contributed by atoms with van der Waals surface area (Å²) in [5.41, 5.74) is 0. The van der Waals surface area contributed by atoms with Crippen molar-refractivity contribution in [3.63, 3.8) is 0 Å². The summed E-state index contributed by atoms with van der Waals surface area (Å²) >= 11 is 3.13. The predicted octanol–water partition coefficient (Wildman–Crippen LogP) is 2.43. The van der Waals surface area contributed by atoms with Crippen LogP contribution in [0.1, 0.15) is 27.7 Å². The third-order valence-electron chi connectivity index (χ3n) is 2.37. The van der Waals surface area contributed by atoms with Gasteiger partial charge in [0.25, 0.3) is 0 Å². The molecule has 0 heterocycles. The van der Waals surface area contributed by atoms with Crippen LogP contribution in [0.25, 0.3) is 0 Å². The SMILES string of the molecule is CC(C)C(CNC(=O)CBr)C(C)C. The van der Waals surface area contributed by atoms with E-state index in [2.05, 4.69) is 48.9 Å².